The van der Waals surface area contributed by atoms with Gasteiger partial charge in [0.05, 0.1) is 24.6 Å². The highest BCUT2D eigenvalue weighted by atomic mass is 79.9. The van der Waals surface area contributed by atoms with Crippen LogP contribution >= 0.6 is 15.9 Å². The molecule has 1 aliphatic heterocycles. The number of amides is 1. The molecular weight excluding hydrogens is 324 g/mol. The molecule has 0 radical (unpaired) electrons. The molecule has 0 aromatic heterocycles. The fourth-order valence-electron chi connectivity index (χ4n) is 2.50. The molecule has 20 heavy (non-hydrogen) atoms. The average molecular weight is 343 g/mol. The number of carbonyl (C=O) groups excluding carboxylic acids is 1. The van der Waals surface area contributed by atoms with E-state index in [1.165, 1.54) is 0 Å². The van der Waals surface area contributed by atoms with Gasteiger partial charge >= 0.3 is 0 Å². The van der Waals surface area contributed by atoms with Crippen molar-refractivity contribution in [3.63, 3.8) is 0 Å². The molecule has 1 fully saturated rings. The SMILES string of the molecule is COc1ccc(CN2CC[C@@H](C(N)=O)C2)c(Br)c1OC. The summed E-state index contributed by atoms with van der Waals surface area (Å²) < 4.78 is 11.5. The summed E-state index contributed by atoms with van der Waals surface area (Å²) in [5, 5.41) is 0. The second kappa shape index (κ2) is 6.45. The van der Waals surface area contributed by atoms with E-state index in [2.05, 4.69) is 20.8 Å². The van der Waals surface area contributed by atoms with Gasteiger partial charge in [0.2, 0.25) is 5.91 Å². The molecule has 1 aliphatic rings. The Kier molecular flexibility index (Phi) is 4.88. The summed E-state index contributed by atoms with van der Waals surface area (Å²) in [6.07, 6.45) is 0.834. The molecule has 0 spiro atoms. The van der Waals surface area contributed by atoms with Crippen molar-refractivity contribution in [1.29, 1.82) is 0 Å². The van der Waals surface area contributed by atoms with Gasteiger partial charge in [-0.3, -0.25) is 9.69 Å². The maximum absolute atomic E-state index is 11.2. The number of carbonyl (C=O) groups is 1. The van der Waals surface area contributed by atoms with E-state index in [9.17, 15) is 4.79 Å². The number of halogens is 1. The van der Waals surface area contributed by atoms with E-state index in [0.29, 0.717) is 11.5 Å². The van der Waals surface area contributed by atoms with Crippen LogP contribution < -0.4 is 15.2 Å². The van der Waals surface area contributed by atoms with Gasteiger partial charge in [-0.15, -0.1) is 0 Å². The molecule has 1 heterocycles. The van der Waals surface area contributed by atoms with Crippen molar-refractivity contribution < 1.29 is 14.3 Å². The number of benzene rings is 1. The summed E-state index contributed by atoms with van der Waals surface area (Å²) in [5.41, 5.74) is 6.46. The molecule has 1 amide bonds. The van der Waals surface area contributed by atoms with Crippen molar-refractivity contribution >= 4 is 21.8 Å². The van der Waals surface area contributed by atoms with E-state index < -0.39 is 0 Å². The minimum absolute atomic E-state index is 0.0334. The maximum Gasteiger partial charge on any atom is 0.221 e. The Morgan fingerprint density at radius 2 is 2.20 bits per heavy atom. The number of primary amides is 1. The standard InChI is InChI=1S/C14H19BrN2O3/c1-19-11-4-3-9(12(15)13(11)20-2)7-17-6-5-10(8-17)14(16)18/h3-4,10H,5-8H2,1-2H3,(H2,16,18)/t10-/m1/s1. The molecule has 2 N–H and O–H groups in total. The number of ether oxygens (including phenoxy) is 2. The average Bonchev–Trinajstić information content (AvgIpc) is 2.89. The summed E-state index contributed by atoms with van der Waals surface area (Å²) in [6, 6.07) is 3.89. The van der Waals surface area contributed by atoms with Gasteiger partial charge in [0.1, 0.15) is 0 Å². The first-order valence-electron chi connectivity index (χ1n) is 6.47. The topological polar surface area (TPSA) is 64.8 Å². The lowest BCUT2D eigenvalue weighted by Gasteiger charge is -2.18. The van der Waals surface area contributed by atoms with Gasteiger partial charge in [-0.1, -0.05) is 6.07 Å². The zero-order chi connectivity index (χ0) is 14.7. The van der Waals surface area contributed by atoms with Gasteiger partial charge in [-0.2, -0.15) is 0 Å². The molecule has 0 unspecified atom stereocenters. The predicted octanol–water partition coefficient (Wildman–Crippen LogP) is 1.77. The van der Waals surface area contributed by atoms with Crippen LogP contribution in [0.3, 0.4) is 0 Å². The lowest BCUT2D eigenvalue weighted by molar-refractivity contribution is -0.121. The first-order chi connectivity index (χ1) is 9.56. The van der Waals surface area contributed by atoms with Crippen LogP contribution in [0.1, 0.15) is 12.0 Å². The normalized spacial score (nSPS) is 19.1. The summed E-state index contributed by atoms with van der Waals surface area (Å²) in [7, 11) is 3.23. The van der Waals surface area contributed by atoms with Crippen LogP contribution in [0.25, 0.3) is 0 Å². The monoisotopic (exact) mass is 342 g/mol. The number of hydrogen-bond donors (Lipinski definition) is 1. The van der Waals surface area contributed by atoms with Crippen molar-refractivity contribution in [3.05, 3.63) is 22.2 Å². The van der Waals surface area contributed by atoms with Gasteiger partial charge < -0.3 is 15.2 Å². The molecule has 0 saturated carbocycles. The highest BCUT2D eigenvalue weighted by Crippen LogP contribution is 2.38. The van der Waals surface area contributed by atoms with E-state index in [1.807, 2.05) is 12.1 Å². The molecule has 1 aromatic rings. The fraction of sp³-hybridized carbons (Fsp3) is 0.500. The van der Waals surface area contributed by atoms with E-state index in [1.54, 1.807) is 14.2 Å². The third-order valence-corrected chi connectivity index (χ3v) is 4.50. The molecule has 5 nitrogen and oxygen atoms in total. The Hall–Kier alpha value is -1.27. The van der Waals surface area contributed by atoms with Crippen LogP contribution in [0.15, 0.2) is 16.6 Å². The number of nitrogens with zero attached hydrogens (tertiary/aromatic N) is 1. The molecule has 2 rings (SSSR count). The first-order valence-corrected chi connectivity index (χ1v) is 7.27. The summed E-state index contributed by atoms with van der Waals surface area (Å²) >= 11 is 3.56. The van der Waals surface area contributed by atoms with Crippen molar-refractivity contribution in [3.8, 4) is 11.5 Å². The fourth-order valence-corrected chi connectivity index (χ4v) is 3.12. The zero-order valence-corrected chi connectivity index (χ0v) is 13.3. The smallest absolute Gasteiger partial charge is 0.221 e. The quantitative estimate of drug-likeness (QED) is 0.885. The van der Waals surface area contributed by atoms with Gasteiger partial charge in [-0.05, 0) is 40.5 Å². The molecule has 110 valence electrons. The first kappa shape index (κ1) is 15.1. The Morgan fingerprint density at radius 1 is 1.45 bits per heavy atom. The van der Waals surface area contributed by atoms with Gasteiger partial charge in [-0.25, -0.2) is 0 Å². The van der Waals surface area contributed by atoms with Crippen LogP contribution in [0.5, 0.6) is 11.5 Å². The Labute approximate surface area is 127 Å². The number of methoxy groups -OCH3 is 2. The second-order valence-electron chi connectivity index (χ2n) is 4.90. The Bertz CT molecular complexity index is 507. The van der Waals surface area contributed by atoms with Crippen LogP contribution in [0.2, 0.25) is 0 Å². The molecule has 6 heteroatoms. The molecular formula is C14H19BrN2O3. The van der Waals surface area contributed by atoms with Gasteiger partial charge in [0.15, 0.2) is 11.5 Å². The summed E-state index contributed by atoms with van der Waals surface area (Å²) in [4.78, 5) is 13.4. The molecule has 1 aromatic carbocycles. The lowest BCUT2D eigenvalue weighted by atomic mass is 10.1. The predicted molar refractivity (Wildman–Crippen MR) is 79.8 cm³/mol. The third-order valence-electron chi connectivity index (χ3n) is 3.63. The largest absolute Gasteiger partial charge is 0.493 e. The summed E-state index contributed by atoms with van der Waals surface area (Å²) in [6.45, 7) is 2.36. The van der Waals surface area contributed by atoms with Crippen molar-refractivity contribution in [2.24, 2.45) is 11.7 Å². The Balaban J connectivity index is 2.13. The molecule has 1 saturated heterocycles. The number of hydrogen-bond acceptors (Lipinski definition) is 4. The molecule has 0 aliphatic carbocycles. The van der Waals surface area contributed by atoms with Crippen LogP contribution in [0.4, 0.5) is 0 Å². The van der Waals surface area contributed by atoms with Crippen molar-refractivity contribution in [2.75, 3.05) is 27.3 Å². The van der Waals surface area contributed by atoms with Gasteiger partial charge in [0, 0.05) is 13.1 Å². The maximum atomic E-state index is 11.2. The third kappa shape index (κ3) is 3.07. The van der Waals surface area contributed by atoms with E-state index in [0.717, 1.165) is 36.1 Å². The van der Waals surface area contributed by atoms with Crippen LogP contribution in [-0.2, 0) is 11.3 Å². The minimum Gasteiger partial charge on any atom is -0.493 e. The van der Waals surface area contributed by atoms with Crippen LogP contribution in [0, 0.1) is 5.92 Å². The molecule has 1 atom stereocenters. The van der Waals surface area contributed by atoms with Crippen molar-refractivity contribution in [1.82, 2.24) is 4.90 Å². The van der Waals surface area contributed by atoms with Crippen molar-refractivity contribution in [2.45, 2.75) is 13.0 Å². The highest BCUT2D eigenvalue weighted by molar-refractivity contribution is 9.10. The van der Waals surface area contributed by atoms with E-state index >= 15 is 0 Å². The highest BCUT2D eigenvalue weighted by Gasteiger charge is 2.27. The number of rotatable bonds is 5. The lowest BCUT2D eigenvalue weighted by Crippen LogP contribution is -2.27. The zero-order valence-electron chi connectivity index (χ0n) is 11.7. The minimum atomic E-state index is -0.209. The second-order valence-corrected chi connectivity index (χ2v) is 5.69. The molecule has 0 bridgehead atoms. The number of nitrogens with two attached hydrogens (primary N) is 1. The van der Waals surface area contributed by atoms with Gasteiger partial charge in [0.25, 0.3) is 0 Å². The van der Waals surface area contributed by atoms with E-state index in [-0.39, 0.29) is 11.8 Å². The number of likely N-dealkylation sites (tertiary alicyclic amines) is 1. The Morgan fingerprint density at radius 3 is 2.75 bits per heavy atom. The summed E-state index contributed by atoms with van der Waals surface area (Å²) in [5.74, 6) is 1.14. The van der Waals surface area contributed by atoms with E-state index in [4.69, 9.17) is 15.2 Å². The van der Waals surface area contributed by atoms with Crippen LogP contribution in [-0.4, -0.2) is 38.1 Å².